The molecule has 144 valence electrons. The fourth-order valence-corrected chi connectivity index (χ4v) is 4.07. The fraction of sp³-hybridized carbons (Fsp3) is 0.273. The minimum absolute atomic E-state index is 0.141. The number of carbonyl (C=O) groups excluding carboxylic acids is 1. The van der Waals surface area contributed by atoms with Gasteiger partial charge in [0.25, 0.3) is 0 Å². The third kappa shape index (κ3) is 4.02. The molecular weight excluding hydrogens is 370 g/mol. The summed E-state index contributed by atoms with van der Waals surface area (Å²) < 4.78 is 7.55. The highest BCUT2D eigenvalue weighted by Gasteiger charge is 2.17. The van der Waals surface area contributed by atoms with Gasteiger partial charge in [0.05, 0.1) is 6.61 Å². The van der Waals surface area contributed by atoms with Gasteiger partial charge in [-0.1, -0.05) is 24.3 Å². The molecule has 1 aromatic heterocycles. The molecule has 5 nitrogen and oxygen atoms in total. The van der Waals surface area contributed by atoms with Gasteiger partial charge in [-0.2, -0.15) is 4.99 Å². The predicted octanol–water partition coefficient (Wildman–Crippen LogP) is 4.72. The summed E-state index contributed by atoms with van der Waals surface area (Å²) in [6.45, 7) is 4.25. The van der Waals surface area contributed by atoms with Crippen LogP contribution in [-0.2, 0) is 0 Å². The maximum absolute atomic E-state index is 12.4. The Morgan fingerprint density at radius 3 is 2.64 bits per heavy atom. The van der Waals surface area contributed by atoms with Crippen molar-refractivity contribution in [3.8, 4) is 22.6 Å². The van der Waals surface area contributed by atoms with Crippen molar-refractivity contribution in [1.82, 2.24) is 9.47 Å². The summed E-state index contributed by atoms with van der Waals surface area (Å²) in [4.78, 5) is 19.2. The molecule has 0 atom stereocenters. The van der Waals surface area contributed by atoms with E-state index in [2.05, 4.69) is 35.3 Å². The number of rotatable bonds is 4. The number of amides is 2. The molecule has 1 saturated heterocycles. The van der Waals surface area contributed by atoms with E-state index >= 15 is 0 Å². The summed E-state index contributed by atoms with van der Waals surface area (Å²) >= 11 is 1.47. The molecule has 0 saturated carbocycles. The SMILES string of the molecule is CCOc1cccc(-c2ccc(-n3ccsc3=NC(=O)N3CCCC3)cc2)c1. The number of aromatic nitrogens is 1. The van der Waals surface area contributed by atoms with Gasteiger partial charge in [0, 0.05) is 30.4 Å². The minimum Gasteiger partial charge on any atom is -0.494 e. The van der Waals surface area contributed by atoms with E-state index in [1.54, 1.807) is 0 Å². The summed E-state index contributed by atoms with van der Waals surface area (Å²) in [5.41, 5.74) is 3.22. The second-order valence-corrected chi connectivity index (χ2v) is 7.52. The van der Waals surface area contributed by atoms with Gasteiger partial charge in [-0.15, -0.1) is 11.3 Å². The predicted molar refractivity (Wildman–Crippen MR) is 112 cm³/mol. The highest BCUT2D eigenvalue weighted by molar-refractivity contribution is 7.07. The topological polar surface area (TPSA) is 46.8 Å². The van der Waals surface area contributed by atoms with E-state index in [1.807, 2.05) is 46.2 Å². The maximum atomic E-state index is 12.4. The lowest BCUT2D eigenvalue weighted by atomic mass is 10.1. The van der Waals surface area contributed by atoms with Gasteiger partial charge in [0.15, 0.2) is 4.80 Å². The van der Waals surface area contributed by atoms with Gasteiger partial charge in [-0.05, 0) is 55.2 Å². The standard InChI is InChI=1S/C22H23N3O2S/c1-2-27-20-7-5-6-18(16-20)17-8-10-19(11-9-17)25-14-15-28-22(25)23-21(26)24-12-3-4-13-24/h5-11,14-16H,2-4,12-13H2,1H3. The van der Waals surface area contributed by atoms with Gasteiger partial charge in [0.2, 0.25) is 0 Å². The van der Waals surface area contributed by atoms with E-state index in [1.165, 1.54) is 11.3 Å². The van der Waals surface area contributed by atoms with Crippen LogP contribution in [0.3, 0.4) is 0 Å². The number of nitrogens with zero attached hydrogens (tertiary/aromatic N) is 3. The molecule has 2 amide bonds. The van der Waals surface area contributed by atoms with E-state index in [0.29, 0.717) is 11.4 Å². The Bertz CT molecular complexity index is 1010. The summed E-state index contributed by atoms with van der Waals surface area (Å²) in [6.07, 6.45) is 4.08. The highest BCUT2D eigenvalue weighted by atomic mass is 32.1. The first-order valence-corrected chi connectivity index (χ1v) is 10.5. The molecule has 3 aromatic rings. The van der Waals surface area contributed by atoms with Gasteiger partial charge in [0.1, 0.15) is 5.75 Å². The monoisotopic (exact) mass is 393 g/mol. The molecule has 0 radical (unpaired) electrons. The van der Waals surface area contributed by atoms with E-state index < -0.39 is 0 Å². The lowest BCUT2D eigenvalue weighted by Crippen LogP contribution is -2.27. The van der Waals surface area contributed by atoms with E-state index in [0.717, 1.165) is 48.5 Å². The van der Waals surface area contributed by atoms with Crippen molar-refractivity contribution in [1.29, 1.82) is 0 Å². The normalized spacial score (nSPS) is 14.5. The minimum atomic E-state index is -0.141. The Hall–Kier alpha value is -2.86. The quantitative estimate of drug-likeness (QED) is 0.644. The molecule has 1 aliphatic rings. The molecule has 0 N–H and O–H groups in total. The number of urea groups is 1. The Morgan fingerprint density at radius 1 is 1.11 bits per heavy atom. The molecule has 1 fully saturated rings. The lowest BCUT2D eigenvalue weighted by Gasteiger charge is -2.11. The third-order valence-electron chi connectivity index (χ3n) is 4.78. The van der Waals surface area contributed by atoms with Crippen LogP contribution in [0.25, 0.3) is 16.8 Å². The first-order chi connectivity index (χ1) is 13.7. The number of benzene rings is 2. The Balaban J connectivity index is 1.59. The van der Waals surface area contributed by atoms with Crippen LogP contribution < -0.4 is 9.54 Å². The molecule has 0 bridgehead atoms. The second-order valence-electron chi connectivity index (χ2n) is 6.65. The molecule has 0 unspecified atom stereocenters. The number of ether oxygens (including phenoxy) is 1. The van der Waals surface area contributed by atoms with E-state index in [9.17, 15) is 4.79 Å². The Morgan fingerprint density at radius 2 is 1.89 bits per heavy atom. The third-order valence-corrected chi connectivity index (χ3v) is 5.54. The van der Waals surface area contributed by atoms with Crippen LogP contribution in [0.4, 0.5) is 4.79 Å². The molecule has 4 rings (SSSR count). The Kier molecular flexibility index (Phi) is 5.58. The molecular formula is C22H23N3O2S. The summed E-state index contributed by atoms with van der Waals surface area (Å²) in [6, 6.07) is 16.2. The van der Waals surface area contributed by atoms with Crippen LogP contribution in [0, 0.1) is 0 Å². The zero-order valence-electron chi connectivity index (χ0n) is 15.9. The number of hydrogen-bond donors (Lipinski definition) is 0. The van der Waals surface area contributed by atoms with Gasteiger partial charge in [-0.3, -0.25) is 4.57 Å². The van der Waals surface area contributed by atoms with Crippen molar-refractivity contribution in [3.63, 3.8) is 0 Å². The highest BCUT2D eigenvalue weighted by Crippen LogP contribution is 2.25. The first kappa shape index (κ1) is 18.5. The van der Waals surface area contributed by atoms with E-state index in [-0.39, 0.29) is 6.03 Å². The number of hydrogen-bond acceptors (Lipinski definition) is 3. The first-order valence-electron chi connectivity index (χ1n) is 9.58. The second kappa shape index (κ2) is 8.44. The van der Waals surface area contributed by atoms with Crippen LogP contribution >= 0.6 is 11.3 Å². The van der Waals surface area contributed by atoms with Crippen LogP contribution in [0.5, 0.6) is 5.75 Å². The fourth-order valence-electron chi connectivity index (χ4n) is 3.36. The number of thiazole rings is 1. The largest absolute Gasteiger partial charge is 0.494 e. The summed E-state index contributed by atoms with van der Waals surface area (Å²) in [7, 11) is 0. The van der Waals surface area contributed by atoms with Crippen LogP contribution in [0.2, 0.25) is 0 Å². The van der Waals surface area contributed by atoms with Gasteiger partial charge >= 0.3 is 6.03 Å². The smallest absolute Gasteiger partial charge is 0.346 e. The molecule has 0 spiro atoms. The maximum Gasteiger partial charge on any atom is 0.346 e. The average Bonchev–Trinajstić information content (AvgIpc) is 3.41. The molecule has 28 heavy (non-hydrogen) atoms. The molecule has 0 aliphatic carbocycles. The molecule has 6 heteroatoms. The Labute approximate surface area is 168 Å². The summed E-state index contributed by atoms with van der Waals surface area (Å²) in [5, 5.41) is 1.95. The lowest BCUT2D eigenvalue weighted by molar-refractivity contribution is 0.218. The summed E-state index contributed by atoms with van der Waals surface area (Å²) in [5.74, 6) is 0.873. The van der Waals surface area contributed by atoms with Crippen LogP contribution in [0.15, 0.2) is 65.1 Å². The van der Waals surface area contributed by atoms with Crippen LogP contribution in [-0.4, -0.2) is 35.2 Å². The molecule has 1 aliphatic heterocycles. The number of likely N-dealkylation sites (tertiary alicyclic amines) is 1. The van der Waals surface area contributed by atoms with Crippen molar-refractivity contribution in [2.24, 2.45) is 4.99 Å². The van der Waals surface area contributed by atoms with Crippen LogP contribution in [0.1, 0.15) is 19.8 Å². The van der Waals surface area contributed by atoms with E-state index in [4.69, 9.17) is 4.74 Å². The van der Waals surface area contributed by atoms with Crippen molar-refractivity contribution in [3.05, 3.63) is 64.9 Å². The van der Waals surface area contributed by atoms with Gasteiger partial charge in [-0.25, -0.2) is 4.79 Å². The van der Waals surface area contributed by atoms with Crippen molar-refractivity contribution in [2.75, 3.05) is 19.7 Å². The average molecular weight is 394 g/mol. The zero-order valence-corrected chi connectivity index (χ0v) is 16.7. The van der Waals surface area contributed by atoms with Crippen molar-refractivity contribution >= 4 is 17.4 Å². The zero-order chi connectivity index (χ0) is 19.3. The van der Waals surface area contributed by atoms with Gasteiger partial charge < -0.3 is 9.64 Å². The van der Waals surface area contributed by atoms with Crippen molar-refractivity contribution in [2.45, 2.75) is 19.8 Å². The van der Waals surface area contributed by atoms with Crippen molar-refractivity contribution < 1.29 is 9.53 Å². The molecule has 2 heterocycles. The molecule has 2 aromatic carbocycles. The number of carbonyl (C=O) groups is 1.